The van der Waals surface area contributed by atoms with E-state index in [0.29, 0.717) is 19.0 Å². The van der Waals surface area contributed by atoms with E-state index in [-0.39, 0.29) is 18.0 Å². The quantitative estimate of drug-likeness (QED) is 0.620. The first-order valence-corrected chi connectivity index (χ1v) is 5.58. The van der Waals surface area contributed by atoms with Crippen molar-refractivity contribution < 1.29 is 9.59 Å². The normalized spacial score (nSPS) is 25.6. The highest BCUT2D eigenvalue weighted by Gasteiger charge is 2.22. The lowest BCUT2D eigenvalue weighted by Gasteiger charge is -2.26. The number of nitrogens with one attached hydrogen (secondary N) is 3. The number of carbonyl (C=O) groups is 2. The molecule has 1 saturated carbocycles. The summed E-state index contributed by atoms with van der Waals surface area (Å²) in [6.45, 7) is 0.532. The molecule has 0 aromatic heterocycles. The lowest BCUT2D eigenvalue weighted by atomic mass is 9.93. The van der Waals surface area contributed by atoms with Crippen LogP contribution in [0.15, 0.2) is 0 Å². The van der Waals surface area contributed by atoms with Crippen molar-refractivity contribution in [1.82, 2.24) is 16.0 Å². The zero-order valence-corrected chi connectivity index (χ0v) is 8.71. The van der Waals surface area contributed by atoms with Gasteiger partial charge in [0.1, 0.15) is 0 Å². The predicted molar refractivity (Wildman–Crippen MR) is 55.3 cm³/mol. The number of amides is 3. The lowest BCUT2D eigenvalue weighted by molar-refractivity contribution is -0.119. The van der Waals surface area contributed by atoms with Crippen LogP contribution in [0.1, 0.15) is 32.1 Å². The van der Waals surface area contributed by atoms with Crippen LogP contribution in [0.4, 0.5) is 4.79 Å². The highest BCUT2D eigenvalue weighted by Crippen LogP contribution is 2.17. The van der Waals surface area contributed by atoms with Crippen LogP contribution in [0.25, 0.3) is 0 Å². The van der Waals surface area contributed by atoms with Crippen molar-refractivity contribution in [3.05, 3.63) is 0 Å². The molecular weight excluding hydrogens is 194 g/mol. The van der Waals surface area contributed by atoms with Gasteiger partial charge in [-0.2, -0.15) is 0 Å². The Morgan fingerprint density at radius 1 is 1.40 bits per heavy atom. The van der Waals surface area contributed by atoms with Crippen LogP contribution in [-0.4, -0.2) is 30.6 Å². The average molecular weight is 211 g/mol. The number of carbonyl (C=O) groups excluding carboxylic acids is 2. The molecule has 0 aromatic rings. The van der Waals surface area contributed by atoms with E-state index in [4.69, 9.17) is 0 Å². The Balaban J connectivity index is 1.60. The van der Waals surface area contributed by atoms with E-state index in [1.807, 2.05) is 0 Å². The molecule has 0 aromatic carbocycles. The smallest absolute Gasteiger partial charge is 0.315 e. The van der Waals surface area contributed by atoms with E-state index < -0.39 is 0 Å². The van der Waals surface area contributed by atoms with Gasteiger partial charge in [-0.1, -0.05) is 0 Å². The van der Waals surface area contributed by atoms with Crippen molar-refractivity contribution in [2.75, 3.05) is 6.54 Å². The van der Waals surface area contributed by atoms with Crippen LogP contribution in [0.2, 0.25) is 0 Å². The molecule has 1 aliphatic carbocycles. The molecule has 0 bridgehead atoms. The minimum absolute atomic E-state index is 0.0844. The van der Waals surface area contributed by atoms with Gasteiger partial charge < -0.3 is 16.0 Å². The first-order chi connectivity index (χ1) is 7.24. The summed E-state index contributed by atoms with van der Waals surface area (Å²) in [6, 6.07) is 0.369. The molecule has 2 aliphatic rings. The average Bonchev–Trinajstić information content (AvgIpc) is 2.55. The molecule has 2 rings (SSSR count). The van der Waals surface area contributed by atoms with Gasteiger partial charge in [0.2, 0.25) is 5.91 Å². The van der Waals surface area contributed by atoms with E-state index in [2.05, 4.69) is 16.0 Å². The summed E-state index contributed by atoms with van der Waals surface area (Å²) in [7, 11) is 0. The van der Waals surface area contributed by atoms with Crippen LogP contribution in [0.3, 0.4) is 0 Å². The zero-order valence-electron chi connectivity index (χ0n) is 8.71. The van der Waals surface area contributed by atoms with Crippen LogP contribution < -0.4 is 16.0 Å². The summed E-state index contributed by atoms with van der Waals surface area (Å²) in [5.74, 6) is 0.0844. The molecule has 1 unspecified atom stereocenters. The zero-order chi connectivity index (χ0) is 10.7. The third kappa shape index (κ3) is 2.84. The van der Waals surface area contributed by atoms with Gasteiger partial charge in [-0.25, -0.2) is 4.79 Å². The Bertz CT molecular complexity index is 263. The van der Waals surface area contributed by atoms with Crippen molar-refractivity contribution in [3.63, 3.8) is 0 Å². The van der Waals surface area contributed by atoms with Crippen LogP contribution >= 0.6 is 0 Å². The monoisotopic (exact) mass is 211 g/mol. The largest absolute Gasteiger partial charge is 0.352 e. The standard InChI is InChI=1S/C10H17N3O2/c14-9-5-4-8(12-9)6-11-10(15)13-7-2-1-3-7/h7-8H,1-6H2,(H,12,14)(H2,11,13,15). The molecule has 3 amide bonds. The summed E-state index contributed by atoms with van der Waals surface area (Å²) < 4.78 is 0. The molecule has 0 spiro atoms. The highest BCUT2D eigenvalue weighted by molar-refractivity contribution is 5.79. The van der Waals surface area contributed by atoms with Gasteiger partial charge in [0.15, 0.2) is 0 Å². The van der Waals surface area contributed by atoms with Gasteiger partial charge >= 0.3 is 6.03 Å². The van der Waals surface area contributed by atoms with Gasteiger partial charge in [-0.15, -0.1) is 0 Å². The van der Waals surface area contributed by atoms with Gasteiger partial charge in [-0.05, 0) is 25.7 Å². The van der Waals surface area contributed by atoms with E-state index in [1.54, 1.807) is 0 Å². The number of hydrogen-bond donors (Lipinski definition) is 3. The Morgan fingerprint density at radius 2 is 2.20 bits per heavy atom. The summed E-state index contributed by atoms with van der Waals surface area (Å²) in [4.78, 5) is 22.2. The third-order valence-electron chi connectivity index (χ3n) is 3.03. The molecule has 1 atom stereocenters. The first kappa shape index (κ1) is 10.3. The fraction of sp³-hybridized carbons (Fsp3) is 0.800. The summed E-state index contributed by atoms with van der Waals surface area (Å²) in [6.07, 6.45) is 4.80. The fourth-order valence-corrected chi connectivity index (χ4v) is 1.84. The van der Waals surface area contributed by atoms with Gasteiger partial charge in [0, 0.05) is 25.0 Å². The van der Waals surface area contributed by atoms with Crippen molar-refractivity contribution >= 4 is 11.9 Å². The van der Waals surface area contributed by atoms with E-state index in [9.17, 15) is 9.59 Å². The highest BCUT2D eigenvalue weighted by atomic mass is 16.2. The maximum Gasteiger partial charge on any atom is 0.315 e. The Labute approximate surface area is 89.0 Å². The second kappa shape index (κ2) is 4.51. The molecule has 0 radical (unpaired) electrons. The minimum Gasteiger partial charge on any atom is -0.352 e. The minimum atomic E-state index is -0.110. The maximum absolute atomic E-state index is 11.3. The van der Waals surface area contributed by atoms with Gasteiger partial charge in [0.25, 0.3) is 0 Å². The topological polar surface area (TPSA) is 70.2 Å². The molecule has 5 nitrogen and oxygen atoms in total. The van der Waals surface area contributed by atoms with Crippen molar-refractivity contribution in [2.45, 2.75) is 44.2 Å². The second-order valence-corrected chi connectivity index (χ2v) is 4.29. The fourth-order valence-electron chi connectivity index (χ4n) is 1.84. The van der Waals surface area contributed by atoms with E-state index >= 15 is 0 Å². The maximum atomic E-state index is 11.3. The molecule has 1 heterocycles. The van der Waals surface area contributed by atoms with Crippen LogP contribution in [0, 0.1) is 0 Å². The number of rotatable bonds is 3. The lowest BCUT2D eigenvalue weighted by Crippen LogP contribution is -2.48. The molecular formula is C10H17N3O2. The molecule has 5 heteroatoms. The molecule has 2 fully saturated rings. The molecule has 3 N–H and O–H groups in total. The third-order valence-corrected chi connectivity index (χ3v) is 3.03. The number of hydrogen-bond acceptors (Lipinski definition) is 2. The Hall–Kier alpha value is -1.26. The summed E-state index contributed by atoms with van der Waals surface area (Å²) >= 11 is 0. The number of urea groups is 1. The van der Waals surface area contributed by atoms with Crippen molar-refractivity contribution in [1.29, 1.82) is 0 Å². The summed E-state index contributed by atoms with van der Waals surface area (Å²) in [5, 5.41) is 8.48. The Morgan fingerprint density at radius 3 is 2.73 bits per heavy atom. The molecule has 84 valence electrons. The van der Waals surface area contributed by atoms with Crippen LogP contribution in [-0.2, 0) is 4.79 Å². The van der Waals surface area contributed by atoms with Crippen molar-refractivity contribution in [3.8, 4) is 0 Å². The summed E-state index contributed by atoms with van der Waals surface area (Å²) in [5.41, 5.74) is 0. The van der Waals surface area contributed by atoms with Crippen LogP contribution in [0.5, 0.6) is 0 Å². The SMILES string of the molecule is O=C1CCC(CNC(=O)NC2CCC2)N1. The molecule has 1 aliphatic heterocycles. The van der Waals surface area contributed by atoms with E-state index in [1.165, 1.54) is 6.42 Å². The molecule has 1 saturated heterocycles. The van der Waals surface area contributed by atoms with Gasteiger partial charge in [-0.3, -0.25) is 4.79 Å². The van der Waals surface area contributed by atoms with Gasteiger partial charge in [0.05, 0.1) is 0 Å². The predicted octanol–water partition coefficient (Wildman–Crippen LogP) is 0.117. The van der Waals surface area contributed by atoms with E-state index in [0.717, 1.165) is 19.3 Å². The van der Waals surface area contributed by atoms with Crippen molar-refractivity contribution in [2.24, 2.45) is 0 Å². The first-order valence-electron chi connectivity index (χ1n) is 5.58. The Kier molecular flexibility index (Phi) is 3.08. The molecule has 15 heavy (non-hydrogen) atoms. The second-order valence-electron chi connectivity index (χ2n) is 4.29.